The molecule has 2 unspecified atom stereocenters. The molecule has 0 spiro atoms. The van der Waals surface area contributed by atoms with Gasteiger partial charge in [-0.3, -0.25) is 4.90 Å². The summed E-state index contributed by atoms with van der Waals surface area (Å²) in [6, 6.07) is 8.31. The second kappa shape index (κ2) is 4.85. The summed E-state index contributed by atoms with van der Waals surface area (Å²) in [5, 5.41) is 9.25. The lowest BCUT2D eigenvalue weighted by Gasteiger charge is -2.30. The number of ether oxygens (including phenoxy) is 1. The predicted molar refractivity (Wildman–Crippen MR) is 63.5 cm³/mol. The van der Waals surface area contributed by atoms with Gasteiger partial charge in [0.25, 0.3) is 0 Å². The average Bonchev–Trinajstić information content (AvgIpc) is 2.81. The highest BCUT2D eigenvalue weighted by Crippen LogP contribution is 2.25. The molecule has 1 heterocycles. The molecule has 3 heteroatoms. The molecule has 1 saturated heterocycles. The van der Waals surface area contributed by atoms with Crippen molar-refractivity contribution in [2.75, 3.05) is 20.3 Å². The van der Waals surface area contributed by atoms with E-state index in [1.165, 1.54) is 5.56 Å². The molecule has 1 N–H and O–H groups in total. The zero-order valence-corrected chi connectivity index (χ0v) is 9.89. The maximum atomic E-state index is 9.25. The summed E-state index contributed by atoms with van der Waals surface area (Å²) in [5.41, 5.74) is 1.23. The SMILES string of the molecule is CC(c1ccc(O)cc1)N(C)C1CCOC1. The Morgan fingerprint density at radius 1 is 1.38 bits per heavy atom. The molecule has 3 nitrogen and oxygen atoms in total. The molecular formula is C13H19NO2. The molecular weight excluding hydrogens is 202 g/mol. The highest BCUT2D eigenvalue weighted by molar-refractivity contribution is 5.27. The number of benzene rings is 1. The lowest BCUT2D eigenvalue weighted by atomic mass is 10.1. The summed E-state index contributed by atoms with van der Waals surface area (Å²) in [5.74, 6) is 0.322. The van der Waals surface area contributed by atoms with Gasteiger partial charge in [-0.2, -0.15) is 0 Å². The first-order valence-corrected chi connectivity index (χ1v) is 5.77. The largest absolute Gasteiger partial charge is 0.508 e. The van der Waals surface area contributed by atoms with Crippen LogP contribution >= 0.6 is 0 Å². The van der Waals surface area contributed by atoms with Crippen LogP contribution in [0.4, 0.5) is 0 Å². The Morgan fingerprint density at radius 2 is 2.06 bits per heavy atom. The number of likely N-dealkylation sites (N-methyl/N-ethyl adjacent to an activating group) is 1. The maximum absolute atomic E-state index is 9.25. The molecule has 1 aliphatic heterocycles. The minimum Gasteiger partial charge on any atom is -0.508 e. The Bertz CT molecular complexity index is 330. The number of hydrogen-bond acceptors (Lipinski definition) is 3. The van der Waals surface area contributed by atoms with Crippen LogP contribution < -0.4 is 0 Å². The van der Waals surface area contributed by atoms with Crippen LogP contribution in [0.2, 0.25) is 0 Å². The van der Waals surface area contributed by atoms with Crippen molar-refractivity contribution in [3.63, 3.8) is 0 Å². The Kier molecular flexibility index (Phi) is 3.46. The fraction of sp³-hybridized carbons (Fsp3) is 0.538. The Balaban J connectivity index is 2.05. The number of phenolic OH excluding ortho intramolecular Hbond substituents is 1. The molecule has 0 aliphatic carbocycles. The summed E-state index contributed by atoms with van der Waals surface area (Å²) in [6.45, 7) is 3.89. The van der Waals surface area contributed by atoms with E-state index in [-0.39, 0.29) is 0 Å². The van der Waals surface area contributed by atoms with Crippen LogP contribution in [0, 0.1) is 0 Å². The van der Waals surface area contributed by atoms with E-state index in [0.29, 0.717) is 17.8 Å². The van der Waals surface area contributed by atoms with Crippen LogP contribution in [0.3, 0.4) is 0 Å². The van der Waals surface area contributed by atoms with E-state index in [1.807, 2.05) is 12.1 Å². The first-order chi connectivity index (χ1) is 7.68. The number of aromatic hydroxyl groups is 1. The lowest BCUT2D eigenvalue weighted by molar-refractivity contribution is 0.138. The van der Waals surface area contributed by atoms with E-state index in [2.05, 4.69) is 18.9 Å². The molecule has 1 fully saturated rings. The summed E-state index contributed by atoms with van der Waals surface area (Å²) in [4.78, 5) is 2.35. The Morgan fingerprint density at radius 3 is 2.62 bits per heavy atom. The van der Waals surface area contributed by atoms with Crippen molar-refractivity contribution in [2.45, 2.75) is 25.4 Å². The van der Waals surface area contributed by atoms with Crippen molar-refractivity contribution in [3.8, 4) is 5.75 Å². The number of nitrogens with zero attached hydrogens (tertiary/aromatic N) is 1. The van der Waals surface area contributed by atoms with Crippen molar-refractivity contribution in [1.82, 2.24) is 4.90 Å². The quantitative estimate of drug-likeness (QED) is 0.849. The van der Waals surface area contributed by atoms with Gasteiger partial charge in [-0.1, -0.05) is 12.1 Å². The molecule has 0 radical (unpaired) electrons. The zero-order valence-electron chi connectivity index (χ0n) is 9.89. The van der Waals surface area contributed by atoms with Crippen LogP contribution in [0.5, 0.6) is 5.75 Å². The van der Waals surface area contributed by atoms with Crippen LogP contribution in [0.25, 0.3) is 0 Å². The molecule has 2 rings (SSSR count). The first kappa shape index (κ1) is 11.4. The van der Waals surface area contributed by atoms with Crippen molar-refractivity contribution >= 4 is 0 Å². The van der Waals surface area contributed by atoms with Gasteiger partial charge in [0.15, 0.2) is 0 Å². The van der Waals surface area contributed by atoms with E-state index in [9.17, 15) is 5.11 Å². The summed E-state index contributed by atoms with van der Waals surface area (Å²) >= 11 is 0. The maximum Gasteiger partial charge on any atom is 0.115 e. The molecule has 2 atom stereocenters. The molecule has 88 valence electrons. The van der Waals surface area contributed by atoms with Gasteiger partial charge < -0.3 is 9.84 Å². The number of phenols is 1. The van der Waals surface area contributed by atoms with Gasteiger partial charge in [0.2, 0.25) is 0 Å². The van der Waals surface area contributed by atoms with Gasteiger partial charge >= 0.3 is 0 Å². The average molecular weight is 221 g/mol. The molecule has 1 aromatic carbocycles. The third kappa shape index (κ3) is 2.36. The minimum absolute atomic E-state index is 0.322. The Hall–Kier alpha value is -1.06. The van der Waals surface area contributed by atoms with Crippen molar-refractivity contribution in [1.29, 1.82) is 0 Å². The molecule has 0 amide bonds. The molecule has 1 aromatic rings. The molecule has 0 saturated carbocycles. The summed E-state index contributed by atoms with van der Waals surface area (Å²) < 4.78 is 5.40. The van der Waals surface area contributed by atoms with Gasteiger partial charge in [0, 0.05) is 18.7 Å². The third-order valence-corrected chi connectivity index (χ3v) is 3.47. The predicted octanol–water partition coefficient (Wildman–Crippen LogP) is 2.17. The second-order valence-electron chi connectivity index (χ2n) is 4.45. The van der Waals surface area contributed by atoms with E-state index < -0.39 is 0 Å². The van der Waals surface area contributed by atoms with Crippen LogP contribution in [-0.2, 0) is 4.74 Å². The van der Waals surface area contributed by atoms with E-state index in [0.717, 1.165) is 19.6 Å². The van der Waals surface area contributed by atoms with E-state index in [4.69, 9.17) is 4.74 Å². The molecule has 1 aliphatic rings. The van der Waals surface area contributed by atoms with Crippen molar-refractivity contribution in [3.05, 3.63) is 29.8 Å². The van der Waals surface area contributed by atoms with Crippen LogP contribution in [0.15, 0.2) is 24.3 Å². The van der Waals surface area contributed by atoms with Gasteiger partial charge in [-0.15, -0.1) is 0 Å². The van der Waals surface area contributed by atoms with Crippen molar-refractivity contribution < 1.29 is 9.84 Å². The smallest absolute Gasteiger partial charge is 0.115 e. The monoisotopic (exact) mass is 221 g/mol. The fourth-order valence-electron chi connectivity index (χ4n) is 2.15. The summed E-state index contributed by atoms with van der Waals surface area (Å²) in [7, 11) is 2.14. The number of rotatable bonds is 3. The van der Waals surface area contributed by atoms with E-state index in [1.54, 1.807) is 12.1 Å². The summed E-state index contributed by atoms with van der Waals surface area (Å²) in [6.07, 6.45) is 1.11. The second-order valence-corrected chi connectivity index (χ2v) is 4.45. The first-order valence-electron chi connectivity index (χ1n) is 5.77. The highest BCUT2D eigenvalue weighted by atomic mass is 16.5. The third-order valence-electron chi connectivity index (χ3n) is 3.47. The molecule has 0 bridgehead atoms. The zero-order chi connectivity index (χ0) is 11.5. The van der Waals surface area contributed by atoms with Gasteiger partial charge in [-0.05, 0) is 38.1 Å². The van der Waals surface area contributed by atoms with Gasteiger partial charge in [0.1, 0.15) is 5.75 Å². The van der Waals surface area contributed by atoms with Crippen LogP contribution in [0.1, 0.15) is 24.9 Å². The van der Waals surface area contributed by atoms with E-state index >= 15 is 0 Å². The minimum atomic E-state index is 0.322. The van der Waals surface area contributed by atoms with Crippen LogP contribution in [-0.4, -0.2) is 36.3 Å². The lowest BCUT2D eigenvalue weighted by Crippen LogP contribution is -2.34. The highest BCUT2D eigenvalue weighted by Gasteiger charge is 2.24. The molecule has 16 heavy (non-hydrogen) atoms. The molecule has 0 aromatic heterocycles. The fourth-order valence-corrected chi connectivity index (χ4v) is 2.15. The van der Waals surface area contributed by atoms with Crippen molar-refractivity contribution in [2.24, 2.45) is 0 Å². The standard InChI is InChI=1S/C13H19NO2/c1-10(11-3-5-13(15)6-4-11)14(2)12-7-8-16-9-12/h3-6,10,12,15H,7-9H2,1-2H3. The Labute approximate surface area is 96.6 Å². The topological polar surface area (TPSA) is 32.7 Å². The number of hydrogen-bond donors (Lipinski definition) is 1. The normalized spacial score (nSPS) is 22.6. The van der Waals surface area contributed by atoms with Gasteiger partial charge in [-0.25, -0.2) is 0 Å². The van der Waals surface area contributed by atoms with Gasteiger partial charge in [0.05, 0.1) is 6.61 Å².